The molecule has 0 bridgehead atoms. The van der Waals surface area contributed by atoms with Crippen LogP contribution in [0.2, 0.25) is 5.15 Å². The van der Waals surface area contributed by atoms with E-state index in [4.69, 9.17) is 28.5 Å². The van der Waals surface area contributed by atoms with Crippen molar-refractivity contribution in [2.24, 2.45) is 5.73 Å². The van der Waals surface area contributed by atoms with Crippen molar-refractivity contribution in [2.45, 2.75) is 26.4 Å². The Morgan fingerprint density at radius 2 is 1.91 bits per heavy atom. The van der Waals surface area contributed by atoms with Gasteiger partial charge in [0.05, 0.1) is 11.4 Å². The van der Waals surface area contributed by atoms with Gasteiger partial charge in [-0.3, -0.25) is 30.4 Å². The summed E-state index contributed by atoms with van der Waals surface area (Å²) in [5.74, 6) is -0.502. The normalized spacial score (nSPS) is 10.7. The van der Waals surface area contributed by atoms with Crippen molar-refractivity contribution in [1.82, 2.24) is 15.0 Å². The molecule has 10 nitrogen and oxygen atoms in total. The molecule has 0 saturated heterocycles. The number of rotatable bonds is 8. The Morgan fingerprint density at radius 1 is 1.21 bits per heavy atom. The fourth-order valence-corrected chi connectivity index (χ4v) is 3.37. The van der Waals surface area contributed by atoms with E-state index in [0.717, 1.165) is 0 Å². The fraction of sp³-hybridized carbons (Fsp3) is 0.182. The first-order valence-electron chi connectivity index (χ1n) is 10.1. The van der Waals surface area contributed by atoms with Gasteiger partial charge >= 0.3 is 0 Å². The molecule has 3 rings (SSSR count). The summed E-state index contributed by atoms with van der Waals surface area (Å²) in [5, 5.41) is 10.4. The maximum absolute atomic E-state index is 13.2. The van der Waals surface area contributed by atoms with Crippen LogP contribution in [0.4, 0.5) is 17.2 Å². The molecule has 0 unspecified atom stereocenters. The number of aromatic nitrogens is 2. The zero-order valence-corrected chi connectivity index (χ0v) is 18.9. The second-order valence-corrected chi connectivity index (χ2v) is 7.94. The van der Waals surface area contributed by atoms with E-state index in [1.165, 1.54) is 4.57 Å². The molecule has 3 aromatic rings. The number of nitrogen functional groups attached to an aromatic ring is 2. The van der Waals surface area contributed by atoms with Gasteiger partial charge in [-0.15, -0.1) is 0 Å². The number of benzene rings is 2. The minimum Gasteiger partial charge on any atom is -0.399 e. The van der Waals surface area contributed by atoms with E-state index in [2.05, 4.69) is 21.2 Å². The number of anilines is 3. The summed E-state index contributed by atoms with van der Waals surface area (Å²) >= 11 is 6.45. The van der Waals surface area contributed by atoms with Crippen LogP contribution in [0.15, 0.2) is 53.3 Å². The lowest BCUT2D eigenvalue weighted by Gasteiger charge is -2.18. The van der Waals surface area contributed by atoms with Crippen LogP contribution in [0.5, 0.6) is 0 Å². The largest absolute Gasteiger partial charge is 0.399 e. The van der Waals surface area contributed by atoms with Gasteiger partial charge in [0.25, 0.3) is 11.5 Å². The molecule has 33 heavy (non-hydrogen) atoms. The van der Waals surface area contributed by atoms with Crippen molar-refractivity contribution >= 4 is 40.5 Å². The van der Waals surface area contributed by atoms with Crippen LogP contribution in [0.25, 0.3) is 11.3 Å². The molecule has 0 aliphatic rings. The van der Waals surface area contributed by atoms with Crippen LogP contribution in [0, 0.1) is 5.41 Å². The molecule has 1 aromatic heterocycles. The van der Waals surface area contributed by atoms with Crippen LogP contribution in [0.1, 0.15) is 19.4 Å². The van der Waals surface area contributed by atoms with Crippen molar-refractivity contribution in [1.29, 1.82) is 5.41 Å². The third-order valence-corrected chi connectivity index (χ3v) is 4.82. The average Bonchev–Trinajstić information content (AvgIpc) is 2.75. The SMILES string of the molecule is CC(C)Nc1nc(Cl)c(-c2cccc(N)c2)n(CC(=O)NNc2ccc(C(=N)N)cc2)c1=O. The first-order chi connectivity index (χ1) is 15.7. The van der Waals surface area contributed by atoms with E-state index >= 15 is 0 Å². The number of nitrogens with zero attached hydrogens (tertiary/aromatic N) is 2. The van der Waals surface area contributed by atoms with Gasteiger partial charge in [-0.2, -0.15) is 0 Å². The number of carbonyl (C=O) groups excluding carboxylic acids is 1. The van der Waals surface area contributed by atoms with Gasteiger partial charge in [0.2, 0.25) is 0 Å². The van der Waals surface area contributed by atoms with E-state index in [1.807, 2.05) is 13.8 Å². The Labute approximate surface area is 195 Å². The molecule has 0 saturated carbocycles. The Morgan fingerprint density at radius 3 is 2.52 bits per heavy atom. The summed E-state index contributed by atoms with van der Waals surface area (Å²) in [6.07, 6.45) is 0. The van der Waals surface area contributed by atoms with Gasteiger partial charge in [0, 0.05) is 22.9 Å². The maximum Gasteiger partial charge on any atom is 0.294 e. The summed E-state index contributed by atoms with van der Waals surface area (Å²) in [6, 6.07) is 13.4. The summed E-state index contributed by atoms with van der Waals surface area (Å²) in [5.41, 5.74) is 18.6. The number of amidine groups is 1. The van der Waals surface area contributed by atoms with Crippen molar-refractivity contribution in [2.75, 3.05) is 16.5 Å². The van der Waals surface area contributed by atoms with Gasteiger partial charge in [-0.1, -0.05) is 23.7 Å². The van der Waals surface area contributed by atoms with Gasteiger partial charge in [0.1, 0.15) is 12.4 Å². The molecular formula is C22H25ClN8O2. The number of nitrogens with two attached hydrogens (primary N) is 2. The Kier molecular flexibility index (Phi) is 7.19. The lowest BCUT2D eigenvalue weighted by Crippen LogP contribution is -2.37. The van der Waals surface area contributed by atoms with E-state index < -0.39 is 11.5 Å². The zero-order valence-electron chi connectivity index (χ0n) is 18.1. The lowest BCUT2D eigenvalue weighted by molar-refractivity contribution is -0.121. The monoisotopic (exact) mass is 468 g/mol. The first kappa shape index (κ1) is 23.6. The average molecular weight is 469 g/mol. The molecular weight excluding hydrogens is 444 g/mol. The summed E-state index contributed by atoms with van der Waals surface area (Å²) in [4.78, 5) is 30.1. The maximum atomic E-state index is 13.2. The highest BCUT2D eigenvalue weighted by Crippen LogP contribution is 2.27. The van der Waals surface area contributed by atoms with Crippen molar-refractivity contribution < 1.29 is 4.79 Å². The minimum atomic E-state index is -0.494. The van der Waals surface area contributed by atoms with Crippen LogP contribution in [-0.4, -0.2) is 27.3 Å². The van der Waals surface area contributed by atoms with E-state index in [9.17, 15) is 9.59 Å². The highest BCUT2D eigenvalue weighted by molar-refractivity contribution is 6.32. The topological polar surface area (TPSA) is 164 Å². The number of hydrogen-bond acceptors (Lipinski definition) is 7. The van der Waals surface area contributed by atoms with Gasteiger partial charge < -0.3 is 16.8 Å². The Balaban J connectivity index is 1.90. The van der Waals surface area contributed by atoms with Crippen molar-refractivity contribution in [3.8, 4) is 11.3 Å². The third-order valence-electron chi connectivity index (χ3n) is 4.55. The standard InChI is InChI=1S/C22H25ClN8O2/c1-12(2)27-21-22(33)31(18(19(23)28-21)14-4-3-5-15(24)10-14)11-17(32)30-29-16-8-6-13(7-9-16)20(25)26/h3-10,12,29H,11,24H2,1-2H3,(H3,25,26)(H,27,28)(H,30,32). The molecule has 1 heterocycles. The quantitative estimate of drug-likeness (QED) is 0.128. The highest BCUT2D eigenvalue weighted by atomic mass is 35.5. The molecule has 11 heteroatoms. The zero-order chi connectivity index (χ0) is 24.1. The molecule has 0 fully saturated rings. The number of hydrazine groups is 1. The van der Waals surface area contributed by atoms with Crippen LogP contribution >= 0.6 is 11.6 Å². The molecule has 2 aromatic carbocycles. The number of carbonyl (C=O) groups is 1. The highest BCUT2D eigenvalue weighted by Gasteiger charge is 2.20. The molecule has 0 aliphatic carbocycles. The molecule has 0 radical (unpaired) electrons. The fourth-order valence-electron chi connectivity index (χ4n) is 3.08. The minimum absolute atomic E-state index is 0.0447. The molecule has 0 spiro atoms. The lowest BCUT2D eigenvalue weighted by atomic mass is 10.1. The summed E-state index contributed by atoms with van der Waals surface area (Å²) < 4.78 is 1.25. The van der Waals surface area contributed by atoms with E-state index in [1.54, 1.807) is 48.5 Å². The Bertz CT molecular complexity index is 1240. The molecule has 0 aliphatic heterocycles. The third kappa shape index (κ3) is 5.80. The van der Waals surface area contributed by atoms with E-state index in [0.29, 0.717) is 22.5 Å². The van der Waals surface area contributed by atoms with E-state index in [-0.39, 0.29) is 35.1 Å². The van der Waals surface area contributed by atoms with Crippen LogP contribution < -0.4 is 33.2 Å². The first-order valence-corrected chi connectivity index (χ1v) is 10.5. The predicted octanol–water partition coefficient (Wildman–Crippen LogP) is 2.39. The van der Waals surface area contributed by atoms with Crippen LogP contribution in [0.3, 0.4) is 0 Å². The number of nitrogens with one attached hydrogen (secondary N) is 4. The Hall–Kier alpha value is -4.05. The number of halogens is 1. The van der Waals surface area contributed by atoms with Gasteiger partial charge in [-0.05, 0) is 50.2 Å². The molecule has 1 amide bonds. The molecule has 8 N–H and O–H groups in total. The predicted molar refractivity (Wildman–Crippen MR) is 131 cm³/mol. The summed E-state index contributed by atoms with van der Waals surface area (Å²) in [6.45, 7) is 3.40. The van der Waals surface area contributed by atoms with Gasteiger partial charge in [0.15, 0.2) is 11.0 Å². The smallest absolute Gasteiger partial charge is 0.294 e. The molecule has 172 valence electrons. The van der Waals surface area contributed by atoms with Crippen molar-refractivity contribution in [3.05, 3.63) is 69.6 Å². The second kappa shape index (κ2) is 10.0. The molecule has 0 atom stereocenters. The van der Waals surface area contributed by atoms with Gasteiger partial charge in [-0.25, -0.2) is 4.98 Å². The van der Waals surface area contributed by atoms with Crippen LogP contribution in [-0.2, 0) is 11.3 Å². The number of hydrogen-bond donors (Lipinski definition) is 6. The van der Waals surface area contributed by atoms with Crippen molar-refractivity contribution in [3.63, 3.8) is 0 Å². The second-order valence-electron chi connectivity index (χ2n) is 7.58. The summed E-state index contributed by atoms with van der Waals surface area (Å²) in [7, 11) is 0. The number of amides is 1.